The summed E-state index contributed by atoms with van der Waals surface area (Å²) in [5.41, 5.74) is 1.97. The molecule has 1 atom stereocenters. The lowest BCUT2D eigenvalue weighted by molar-refractivity contribution is -0.137. The van der Waals surface area contributed by atoms with Crippen LogP contribution in [-0.4, -0.2) is 47.4 Å². The molecule has 2 fully saturated rings. The van der Waals surface area contributed by atoms with Crippen LogP contribution in [0.1, 0.15) is 62.2 Å². The lowest BCUT2D eigenvalue weighted by atomic mass is 9.87. The van der Waals surface area contributed by atoms with Crippen LogP contribution in [-0.2, 0) is 9.59 Å². The number of nitrogens with one attached hydrogen (secondary N) is 2. The Morgan fingerprint density at radius 2 is 1.66 bits per heavy atom. The molecule has 2 aromatic rings. The summed E-state index contributed by atoms with van der Waals surface area (Å²) in [4.78, 5) is 31.9. The monoisotopic (exact) mass is 434 g/mol. The predicted molar refractivity (Wildman–Crippen MR) is 125 cm³/mol. The number of hydrogen-bond donors (Lipinski definition) is 2. The first-order valence-corrected chi connectivity index (χ1v) is 12.0. The summed E-state index contributed by atoms with van der Waals surface area (Å²) < 4.78 is 0. The maximum absolute atomic E-state index is 12.8. The minimum atomic E-state index is -0.141. The molecule has 0 bridgehead atoms. The van der Waals surface area contributed by atoms with Crippen LogP contribution in [0.5, 0.6) is 0 Å². The highest BCUT2D eigenvalue weighted by Crippen LogP contribution is 2.26. The number of amides is 2. The molecule has 1 saturated carbocycles. The van der Waals surface area contributed by atoms with E-state index in [1.165, 1.54) is 19.3 Å². The van der Waals surface area contributed by atoms with E-state index < -0.39 is 0 Å². The van der Waals surface area contributed by atoms with Crippen LogP contribution in [0.3, 0.4) is 0 Å². The second-order valence-corrected chi connectivity index (χ2v) is 8.98. The largest absolute Gasteiger partial charge is 0.352 e. The van der Waals surface area contributed by atoms with Crippen molar-refractivity contribution in [3.63, 3.8) is 0 Å². The summed E-state index contributed by atoms with van der Waals surface area (Å²) in [6.45, 7) is 1.71. The average Bonchev–Trinajstić information content (AvgIpc) is 2.86. The molecule has 0 spiro atoms. The fourth-order valence-electron chi connectivity index (χ4n) is 4.91. The number of pyridine rings is 1. The molecule has 1 aromatic heterocycles. The van der Waals surface area contributed by atoms with Crippen molar-refractivity contribution >= 4 is 11.8 Å². The summed E-state index contributed by atoms with van der Waals surface area (Å²) >= 11 is 0. The standard InChI is InChI=1S/C26H34N4O2/c31-24(19-28-25(20-9-3-1-4-10-20)23-13-7-8-16-27-23)29-22-14-17-30(18-15-22)26(32)21-11-5-2-6-12-21/h1,3-4,7-10,13,16,21-22,25,28H,2,5-6,11-12,14-15,17-19H2,(H,29,31). The minimum Gasteiger partial charge on any atom is -0.352 e. The number of aromatic nitrogens is 1. The van der Waals surface area contributed by atoms with E-state index >= 15 is 0 Å². The Labute approximate surface area is 190 Å². The number of benzene rings is 1. The molecule has 32 heavy (non-hydrogen) atoms. The van der Waals surface area contributed by atoms with E-state index in [1.54, 1.807) is 6.20 Å². The molecule has 170 valence electrons. The second-order valence-electron chi connectivity index (χ2n) is 8.98. The van der Waals surface area contributed by atoms with Gasteiger partial charge in [-0.25, -0.2) is 0 Å². The number of carbonyl (C=O) groups is 2. The Bertz CT molecular complexity index is 820. The van der Waals surface area contributed by atoms with Crippen LogP contribution in [0.4, 0.5) is 0 Å². The zero-order valence-corrected chi connectivity index (χ0v) is 18.7. The highest BCUT2D eigenvalue weighted by Gasteiger charge is 2.29. The van der Waals surface area contributed by atoms with Gasteiger partial charge in [-0.2, -0.15) is 0 Å². The van der Waals surface area contributed by atoms with Gasteiger partial charge in [-0.1, -0.05) is 55.7 Å². The van der Waals surface area contributed by atoms with Crippen molar-refractivity contribution in [3.05, 3.63) is 66.0 Å². The lowest BCUT2D eigenvalue weighted by Gasteiger charge is -2.35. The Balaban J connectivity index is 1.26. The SMILES string of the molecule is O=C(CNC(c1ccccc1)c1ccccn1)NC1CCN(C(=O)C2CCCCC2)CC1. The van der Waals surface area contributed by atoms with E-state index in [4.69, 9.17) is 0 Å². The van der Waals surface area contributed by atoms with Crippen molar-refractivity contribution in [3.8, 4) is 0 Å². The van der Waals surface area contributed by atoms with Crippen molar-refractivity contribution in [2.24, 2.45) is 5.92 Å². The second kappa shape index (κ2) is 11.2. The third-order valence-electron chi connectivity index (χ3n) is 6.71. The van der Waals surface area contributed by atoms with Crippen molar-refractivity contribution < 1.29 is 9.59 Å². The van der Waals surface area contributed by atoms with Gasteiger partial charge in [0.1, 0.15) is 0 Å². The Morgan fingerprint density at radius 3 is 2.34 bits per heavy atom. The van der Waals surface area contributed by atoms with Gasteiger partial charge in [0, 0.05) is 31.2 Å². The fourth-order valence-corrected chi connectivity index (χ4v) is 4.91. The van der Waals surface area contributed by atoms with E-state index in [9.17, 15) is 9.59 Å². The van der Waals surface area contributed by atoms with E-state index in [1.807, 2.05) is 53.4 Å². The smallest absolute Gasteiger partial charge is 0.234 e. The molecule has 0 radical (unpaired) electrons. The van der Waals surface area contributed by atoms with E-state index in [0.29, 0.717) is 5.91 Å². The molecule has 1 saturated heterocycles. The van der Waals surface area contributed by atoms with Gasteiger partial charge in [0.2, 0.25) is 11.8 Å². The molecule has 4 rings (SSSR count). The van der Waals surface area contributed by atoms with Gasteiger partial charge in [-0.3, -0.25) is 19.9 Å². The van der Waals surface area contributed by atoms with Gasteiger partial charge < -0.3 is 10.2 Å². The van der Waals surface area contributed by atoms with Gasteiger partial charge in [-0.05, 0) is 43.4 Å². The van der Waals surface area contributed by atoms with Crippen LogP contribution < -0.4 is 10.6 Å². The van der Waals surface area contributed by atoms with Crippen LogP contribution in [0.25, 0.3) is 0 Å². The molecule has 2 N–H and O–H groups in total. The minimum absolute atomic E-state index is 0.0149. The maximum Gasteiger partial charge on any atom is 0.234 e. The molecule has 6 nitrogen and oxygen atoms in total. The fraction of sp³-hybridized carbons (Fsp3) is 0.500. The summed E-state index contributed by atoms with van der Waals surface area (Å²) in [5, 5.41) is 6.53. The number of hydrogen-bond acceptors (Lipinski definition) is 4. The van der Waals surface area contributed by atoms with E-state index in [-0.39, 0.29) is 30.5 Å². The molecule has 6 heteroatoms. The first kappa shape index (κ1) is 22.5. The van der Waals surface area contributed by atoms with Crippen LogP contribution in [0, 0.1) is 5.92 Å². The molecule has 1 aliphatic heterocycles. The summed E-state index contributed by atoms with van der Waals surface area (Å²) in [7, 11) is 0. The topological polar surface area (TPSA) is 74.3 Å². The molecular formula is C26H34N4O2. The molecule has 2 heterocycles. The van der Waals surface area contributed by atoms with Crippen molar-refractivity contribution in [2.45, 2.75) is 57.0 Å². The molecule has 1 aliphatic carbocycles. The molecule has 2 aliphatic rings. The number of nitrogens with zero attached hydrogens (tertiary/aromatic N) is 2. The molecule has 1 unspecified atom stereocenters. The average molecular weight is 435 g/mol. The third-order valence-corrected chi connectivity index (χ3v) is 6.71. The highest BCUT2D eigenvalue weighted by molar-refractivity contribution is 5.79. The van der Waals surface area contributed by atoms with E-state index in [0.717, 1.165) is 50.0 Å². The predicted octanol–water partition coefficient (Wildman–Crippen LogP) is 3.45. The maximum atomic E-state index is 12.8. The van der Waals surface area contributed by atoms with Crippen LogP contribution in [0.15, 0.2) is 54.7 Å². The molecular weight excluding hydrogens is 400 g/mol. The summed E-state index contributed by atoms with van der Waals surface area (Å²) in [6.07, 6.45) is 9.13. The Morgan fingerprint density at radius 1 is 0.938 bits per heavy atom. The number of piperidine rings is 1. The summed E-state index contributed by atoms with van der Waals surface area (Å²) in [6, 6.07) is 15.9. The summed E-state index contributed by atoms with van der Waals surface area (Å²) in [5.74, 6) is 0.539. The number of likely N-dealkylation sites (tertiary alicyclic amines) is 1. The van der Waals surface area contributed by atoms with Crippen molar-refractivity contribution in [1.29, 1.82) is 0 Å². The van der Waals surface area contributed by atoms with Crippen LogP contribution >= 0.6 is 0 Å². The third kappa shape index (κ3) is 5.94. The normalized spacial score (nSPS) is 18.8. The first-order valence-electron chi connectivity index (χ1n) is 12.0. The van der Waals surface area contributed by atoms with Crippen molar-refractivity contribution in [1.82, 2.24) is 20.5 Å². The van der Waals surface area contributed by atoms with Gasteiger partial charge in [0.05, 0.1) is 18.3 Å². The zero-order valence-electron chi connectivity index (χ0n) is 18.7. The Hall–Kier alpha value is -2.73. The lowest BCUT2D eigenvalue weighted by Crippen LogP contribution is -2.49. The van der Waals surface area contributed by atoms with Gasteiger partial charge in [-0.15, -0.1) is 0 Å². The number of rotatable bonds is 7. The van der Waals surface area contributed by atoms with Crippen molar-refractivity contribution in [2.75, 3.05) is 19.6 Å². The highest BCUT2D eigenvalue weighted by atomic mass is 16.2. The van der Waals surface area contributed by atoms with E-state index in [2.05, 4.69) is 15.6 Å². The zero-order chi connectivity index (χ0) is 22.2. The first-order chi connectivity index (χ1) is 15.7. The van der Waals surface area contributed by atoms with Gasteiger partial charge >= 0.3 is 0 Å². The molecule has 1 aromatic carbocycles. The number of carbonyl (C=O) groups excluding carboxylic acids is 2. The van der Waals surface area contributed by atoms with Gasteiger partial charge in [0.15, 0.2) is 0 Å². The van der Waals surface area contributed by atoms with Gasteiger partial charge in [0.25, 0.3) is 0 Å². The quantitative estimate of drug-likeness (QED) is 0.700. The molecule has 2 amide bonds. The Kier molecular flexibility index (Phi) is 7.88. The van der Waals surface area contributed by atoms with Crippen LogP contribution in [0.2, 0.25) is 0 Å².